The van der Waals surface area contributed by atoms with E-state index in [-0.39, 0.29) is 41.3 Å². The molecule has 1 amide bonds. The van der Waals surface area contributed by atoms with Crippen molar-refractivity contribution in [1.82, 2.24) is 24.5 Å². The number of hydrogen-bond acceptors (Lipinski definition) is 9. The minimum atomic E-state index is -1.25. The number of carbonyl (C=O) groups excluding carboxylic acids is 2. The van der Waals surface area contributed by atoms with E-state index in [9.17, 15) is 24.2 Å². The molecule has 2 bridgehead atoms. The maximum Gasteiger partial charge on any atom is 0.233 e. The minimum absolute atomic E-state index is 0.105. The number of hydrogen-bond donors (Lipinski definition) is 3. The maximum atomic E-state index is 14.3. The van der Waals surface area contributed by atoms with Gasteiger partial charge in [0.15, 0.2) is 23.0 Å². The fraction of sp³-hybridized carbons (Fsp3) is 0.406. The van der Waals surface area contributed by atoms with Crippen molar-refractivity contribution < 1.29 is 28.9 Å². The number of aliphatic hydroxyl groups is 2. The van der Waals surface area contributed by atoms with Crippen LogP contribution in [0.15, 0.2) is 42.7 Å². The van der Waals surface area contributed by atoms with E-state index in [1.165, 1.54) is 24.6 Å². The number of methoxy groups -OCH3 is 1. The predicted molar refractivity (Wildman–Crippen MR) is 160 cm³/mol. The van der Waals surface area contributed by atoms with Crippen molar-refractivity contribution in [3.05, 3.63) is 59.8 Å². The molecule has 0 spiro atoms. The molecule has 1 aromatic carbocycles. The summed E-state index contributed by atoms with van der Waals surface area (Å²) in [5.41, 5.74) is 9.27. The van der Waals surface area contributed by atoms with Gasteiger partial charge in [-0.1, -0.05) is 6.07 Å². The molecule has 11 nitrogen and oxygen atoms in total. The number of nitrogens with zero attached hydrogens (tertiary/aromatic N) is 5. The summed E-state index contributed by atoms with van der Waals surface area (Å²) in [7, 11) is 1.41. The highest BCUT2D eigenvalue weighted by Crippen LogP contribution is 2.46. The number of aliphatic hydroxyl groups excluding tert-OH is 2. The Morgan fingerprint density at radius 2 is 1.77 bits per heavy atom. The smallest absolute Gasteiger partial charge is 0.233 e. The molecule has 2 aliphatic heterocycles. The second-order valence-corrected chi connectivity index (χ2v) is 12.0. The van der Waals surface area contributed by atoms with Crippen molar-refractivity contribution in [2.45, 2.75) is 57.5 Å². The third-order valence-electron chi connectivity index (χ3n) is 9.15. The number of fused-ring (bicyclic) bond motifs is 3. The molecule has 0 radical (unpaired) electrons. The van der Waals surface area contributed by atoms with Gasteiger partial charge in [0.25, 0.3) is 0 Å². The number of nitrogens with two attached hydrogens (primary N) is 1. The standard InChI is InChI=1S/C32H35FN6O5/c1-17(42)27-28(20-10-21-6-7-22(11-20)38(21)31(43)32(2,15-40)16-41)37-30-23(14-36-39(30)29(27)34)19-4-8-25(35-13-19)18-5-9-26(44-3)24(33)12-18/h4-5,8-9,12-14,20-22,40-41H,6-7,10-11,15-16,34H2,1-3H3/t20?,21-,22+. The molecule has 4 aromatic rings. The molecule has 230 valence electrons. The van der Waals surface area contributed by atoms with Crippen molar-refractivity contribution in [2.75, 3.05) is 26.1 Å². The number of rotatable bonds is 8. The van der Waals surface area contributed by atoms with Crippen LogP contribution in [-0.4, -0.2) is 78.8 Å². The summed E-state index contributed by atoms with van der Waals surface area (Å²) in [4.78, 5) is 37.7. The first-order chi connectivity index (χ1) is 21.1. The van der Waals surface area contributed by atoms with Gasteiger partial charge in [-0.3, -0.25) is 14.6 Å². The number of benzene rings is 1. The van der Waals surface area contributed by atoms with Crippen molar-refractivity contribution in [1.29, 1.82) is 0 Å². The summed E-state index contributed by atoms with van der Waals surface area (Å²) in [6, 6.07) is 8.08. The zero-order valence-electron chi connectivity index (χ0n) is 24.8. The van der Waals surface area contributed by atoms with E-state index in [0.717, 1.165) is 18.4 Å². The van der Waals surface area contributed by atoms with Crippen LogP contribution >= 0.6 is 0 Å². The number of Topliss-reactive ketones (excluding diaryl/α,β-unsaturated/α-hetero) is 1. The summed E-state index contributed by atoms with van der Waals surface area (Å²) in [6.45, 7) is 2.14. The molecule has 12 heteroatoms. The first kappa shape index (κ1) is 29.6. The average Bonchev–Trinajstić information content (AvgIpc) is 3.57. The number of aromatic nitrogens is 4. The highest BCUT2D eigenvalue weighted by atomic mass is 19.1. The number of nitrogen functional groups attached to an aromatic ring is 1. The van der Waals surface area contributed by atoms with Crippen molar-refractivity contribution in [3.8, 4) is 28.1 Å². The van der Waals surface area contributed by atoms with E-state index in [1.807, 2.05) is 11.0 Å². The zero-order valence-corrected chi connectivity index (χ0v) is 24.8. The average molecular weight is 603 g/mol. The van der Waals surface area contributed by atoms with E-state index >= 15 is 0 Å². The van der Waals surface area contributed by atoms with E-state index in [1.54, 1.807) is 37.5 Å². The zero-order chi connectivity index (χ0) is 31.3. The topological polar surface area (TPSA) is 156 Å². The molecule has 2 fully saturated rings. The molecule has 3 atom stereocenters. The third-order valence-corrected chi connectivity index (χ3v) is 9.15. The van der Waals surface area contributed by atoms with Crippen molar-refractivity contribution >= 4 is 23.2 Å². The van der Waals surface area contributed by atoms with E-state index < -0.39 is 24.4 Å². The minimum Gasteiger partial charge on any atom is -0.494 e. The molecule has 4 N–H and O–H groups in total. The molecule has 6 rings (SSSR count). The van der Waals surface area contributed by atoms with Gasteiger partial charge in [0.05, 0.1) is 48.9 Å². The Balaban J connectivity index is 1.35. The Morgan fingerprint density at radius 1 is 1.09 bits per heavy atom. The van der Waals surface area contributed by atoms with Gasteiger partial charge in [-0.15, -0.1) is 0 Å². The quantitative estimate of drug-likeness (QED) is 0.256. The van der Waals surface area contributed by atoms with Crippen LogP contribution in [0.4, 0.5) is 10.2 Å². The number of carbonyl (C=O) groups is 2. The molecule has 5 heterocycles. The van der Waals surface area contributed by atoms with Crippen LogP contribution in [0.2, 0.25) is 0 Å². The van der Waals surface area contributed by atoms with Crippen LogP contribution in [0.5, 0.6) is 5.75 Å². The molecule has 1 unspecified atom stereocenters. The lowest BCUT2D eigenvalue weighted by Crippen LogP contribution is -2.54. The highest BCUT2D eigenvalue weighted by molar-refractivity contribution is 6.00. The van der Waals surface area contributed by atoms with Crippen LogP contribution in [0.3, 0.4) is 0 Å². The molecular formula is C32H35FN6O5. The fourth-order valence-corrected chi connectivity index (χ4v) is 6.67. The van der Waals surface area contributed by atoms with Gasteiger partial charge >= 0.3 is 0 Å². The fourth-order valence-electron chi connectivity index (χ4n) is 6.67. The number of ketones is 1. The van der Waals surface area contributed by atoms with E-state index in [0.29, 0.717) is 46.6 Å². The Bertz CT molecular complexity index is 1740. The molecule has 44 heavy (non-hydrogen) atoms. The first-order valence-electron chi connectivity index (χ1n) is 14.6. The Kier molecular flexibility index (Phi) is 7.58. The van der Waals surface area contributed by atoms with Gasteiger partial charge < -0.3 is 25.6 Å². The van der Waals surface area contributed by atoms with Crippen LogP contribution in [0, 0.1) is 11.2 Å². The number of halogens is 1. The lowest BCUT2D eigenvalue weighted by molar-refractivity contribution is -0.151. The molecule has 0 saturated carbocycles. The molecule has 3 aromatic heterocycles. The Morgan fingerprint density at radius 3 is 2.34 bits per heavy atom. The number of amides is 1. The number of piperidine rings is 1. The van der Waals surface area contributed by atoms with Crippen molar-refractivity contribution in [2.24, 2.45) is 5.41 Å². The lowest BCUT2D eigenvalue weighted by atomic mass is 9.82. The molecule has 2 saturated heterocycles. The van der Waals surface area contributed by atoms with Crippen LogP contribution in [-0.2, 0) is 4.79 Å². The van der Waals surface area contributed by atoms with Gasteiger partial charge in [-0.2, -0.15) is 9.61 Å². The van der Waals surface area contributed by atoms with Crippen LogP contribution in [0.25, 0.3) is 28.0 Å². The highest BCUT2D eigenvalue weighted by Gasteiger charge is 2.49. The second kappa shape index (κ2) is 11.3. The Hall–Kier alpha value is -4.42. The number of anilines is 1. The maximum absolute atomic E-state index is 14.3. The predicted octanol–water partition coefficient (Wildman–Crippen LogP) is 3.62. The summed E-state index contributed by atoms with van der Waals surface area (Å²) in [5, 5.41) is 24.1. The normalized spacial score (nSPS) is 19.9. The SMILES string of the molecule is COc1ccc(-c2ccc(-c3cnn4c(N)c(C(C)=O)c(C5C[C@H]6CC[C@@H](C5)N6C(=O)C(C)(CO)CO)nc34)cn2)cc1F. The molecular weight excluding hydrogens is 567 g/mol. The van der Waals surface area contributed by atoms with Gasteiger partial charge in [0, 0.05) is 40.9 Å². The Labute approximate surface area is 253 Å². The van der Waals surface area contributed by atoms with Crippen LogP contribution < -0.4 is 10.5 Å². The van der Waals surface area contributed by atoms with Crippen molar-refractivity contribution in [3.63, 3.8) is 0 Å². The van der Waals surface area contributed by atoms with Gasteiger partial charge in [0.2, 0.25) is 5.91 Å². The van der Waals surface area contributed by atoms with E-state index in [2.05, 4.69) is 10.1 Å². The van der Waals surface area contributed by atoms with Gasteiger partial charge in [0.1, 0.15) is 5.82 Å². The molecule has 0 aliphatic carbocycles. The van der Waals surface area contributed by atoms with Gasteiger partial charge in [-0.25, -0.2) is 9.37 Å². The third kappa shape index (κ3) is 4.78. The number of ether oxygens (including phenoxy) is 1. The van der Waals surface area contributed by atoms with Gasteiger partial charge in [-0.05, 0) is 63.8 Å². The van der Waals surface area contributed by atoms with E-state index in [4.69, 9.17) is 15.5 Å². The lowest BCUT2D eigenvalue weighted by Gasteiger charge is -2.42. The largest absolute Gasteiger partial charge is 0.494 e. The van der Waals surface area contributed by atoms with Crippen LogP contribution in [0.1, 0.15) is 61.5 Å². The second-order valence-electron chi connectivity index (χ2n) is 12.0. The number of pyridine rings is 1. The first-order valence-corrected chi connectivity index (χ1v) is 14.6. The monoisotopic (exact) mass is 602 g/mol. The summed E-state index contributed by atoms with van der Waals surface area (Å²) in [5.74, 6) is -0.742. The summed E-state index contributed by atoms with van der Waals surface area (Å²) >= 11 is 0. The summed E-state index contributed by atoms with van der Waals surface area (Å²) < 4.78 is 20.8. The molecule has 2 aliphatic rings. The summed E-state index contributed by atoms with van der Waals surface area (Å²) in [6.07, 6.45) is 6.04.